The van der Waals surface area contributed by atoms with E-state index < -0.39 is 48.5 Å². The molecule has 0 aromatic heterocycles. The highest BCUT2D eigenvalue weighted by Crippen LogP contribution is 2.35. The van der Waals surface area contributed by atoms with E-state index in [9.17, 15) is 31.1 Å². The van der Waals surface area contributed by atoms with Gasteiger partial charge in [0.05, 0.1) is 17.9 Å². The lowest BCUT2D eigenvalue weighted by Gasteiger charge is -2.17. The van der Waals surface area contributed by atoms with Crippen molar-refractivity contribution in [1.29, 1.82) is 0 Å². The lowest BCUT2D eigenvalue weighted by molar-refractivity contribution is -0.153. The van der Waals surface area contributed by atoms with E-state index in [1.807, 2.05) is 6.92 Å². The van der Waals surface area contributed by atoms with Gasteiger partial charge in [0.15, 0.2) is 24.7 Å². The molecule has 0 atom stereocenters. The Morgan fingerprint density at radius 3 is 2.13 bits per heavy atom. The summed E-state index contributed by atoms with van der Waals surface area (Å²) < 4.78 is 91.4. The van der Waals surface area contributed by atoms with Gasteiger partial charge in [-0.15, -0.1) is 0 Å². The Kier molecular flexibility index (Phi) is 8.01. The van der Waals surface area contributed by atoms with E-state index in [0.717, 1.165) is 6.42 Å². The van der Waals surface area contributed by atoms with Crippen molar-refractivity contribution in [3.05, 3.63) is 48.0 Å². The molecule has 0 bridgehead atoms. The fraction of sp³-hybridized carbons (Fsp3) is 0.350. The Balaban J connectivity index is 2.13. The number of halogens is 6. The zero-order valence-corrected chi connectivity index (χ0v) is 16.3. The predicted octanol–water partition coefficient (Wildman–Crippen LogP) is 5.45. The van der Waals surface area contributed by atoms with Crippen LogP contribution in [0.1, 0.15) is 18.9 Å². The lowest BCUT2D eigenvalue weighted by Crippen LogP contribution is -2.23. The molecule has 0 unspecified atom stereocenters. The average molecular weight is 451 g/mol. The number of carbonyl (C=O) groups is 1. The minimum Gasteiger partial charge on any atom is -0.490 e. The van der Waals surface area contributed by atoms with Crippen molar-refractivity contribution in [2.75, 3.05) is 25.1 Å². The standard InChI is InChI=1S/C20H19F6NO4/c1-2-9-29-16-5-3-4-6-17(16)30-11-18(28)27-14-10-13(20(24,25)26)7-8-15(14)31-12-19(21,22)23/h3-8,10H,2,9,11-12H2,1H3,(H,27,28). The molecule has 5 nitrogen and oxygen atoms in total. The molecule has 0 heterocycles. The summed E-state index contributed by atoms with van der Waals surface area (Å²) >= 11 is 0. The molecule has 0 fully saturated rings. The van der Waals surface area contributed by atoms with E-state index in [1.54, 1.807) is 18.2 Å². The van der Waals surface area contributed by atoms with Crippen LogP contribution in [0, 0.1) is 0 Å². The van der Waals surface area contributed by atoms with Crippen LogP contribution >= 0.6 is 0 Å². The first-order valence-corrected chi connectivity index (χ1v) is 9.05. The topological polar surface area (TPSA) is 56.8 Å². The van der Waals surface area contributed by atoms with Crippen LogP contribution in [0.3, 0.4) is 0 Å². The van der Waals surface area contributed by atoms with Gasteiger partial charge in [0.1, 0.15) is 5.75 Å². The average Bonchev–Trinajstić information content (AvgIpc) is 2.69. The fourth-order valence-electron chi connectivity index (χ4n) is 2.32. The minimum atomic E-state index is -4.77. The molecular formula is C20H19F6NO4. The Bertz CT molecular complexity index is 883. The number of alkyl halides is 6. The largest absolute Gasteiger partial charge is 0.490 e. The number of amides is 1. The molecule has 0 saturated carbocycles. The quantitative estimate of drug-likeness (QED) is 0.515. The number of anilines is 1. The number of nitrogens with one attached hydrogen (secondary N) is 1. The third-order valence-electron chi connectivity index (χ3n) is 3.64. The van der Waals surface area contributed by atoms with Crippen LogP contribution < -0.4 is 19.5 Å². The van der Waals surface area contributed by atoms with Gasteiger partial charge in [-0.3, -0.25) is 4.79 Å². The summed E-state index contributed by atoms with van der Waals surface area (Å²) in [6, 6.07) is 8.20. The summed E-state index contributed by atoms with van der Waals surface area (Å²) in [5.74, 6) is -0.874. The number of ether oxygens (including phenoxy) is 3. The molecular weight excluding hydrogens is 432 g/mol. The first-order valence-electron chi connectivity index (χ1n) is 9.05. The van der Waals surface area contributed by atoms with Crippen molar-refractivity contribution < 1.29 is 45.3 Å². The zero-order valence-electron chi connectivity index (χ0n) is 16.3. The number of hydrogen-bond donors (Lipinski definition) is 1. The maximum atomic E-state index is 13.0. The highest BCUT2D eigenvalue weighted by atomic mass is 19.4. The normalized spacial score (nSPS) is 11.7. The summed E-state index contributed by atoms with van der Waals surface area (Å²) in [5.41, 5.74) is -1.73. The van der Waals surface area contributed by atoms with Crippen LogP contribution in [0.2, 0.25) is 0 Å². The van der Waals surface area contributed by atoms with Crippen molar-refractivity contribution in [3.8, 4) is 17.2 Å². The SMILES string of the molecule is CCCOc1ccccc1OCC(=O)Nc1cc(C(F)(F)F)ccc1OCC(F)(F)F. The maximum Gasteiger partial charge on any atom is 0.422 e. The Morgan fingerprint density at radius 2 is 1.55 bits per heavy atom. The second-order valence-electron chi connectivity index (χ2n) is 6.24. The van der Waals surface area contributed by atoms with Gasteiger partial charge in [0, 0.05) is 0 Å². The molecule has 2 aromatic rings. The monoisotopic (exact) mass is 451 g/mol. The summed E-state index contributed by atoms with van der Waals surface area (Å²) in [6.45, 7) is -0.0670. The number of benzene rings is 2. The van der Waals surface area contributed by atoms with E-state index in [0.29, 0.717) is 30.6 Å². The van der Waals surface area contributed by atoms with Gasteiger partial charge < -0.3 is 19.5 Å². The summed E-state index contributed by atoms with van der Waals surface area (Å²) in [6.07, 6.45) is -8.76. The number of carbonyl (C=O) groups excluding carboxylic acids is 1. The smallest absolute Gasteiger partial charge is 0.422 e. The molecule has 2 aromatic carbocycles. The van der Waals surface area contributed by atoms with E-state index in [2.05, 4.69) is 10.1 Å². The summed E-state index contributed by atoms with van der Waals surface area (Å²) in [7, 11) is 0. The summed E-state index contributed by atoms with van der Waals surface area (Å²) in [5, 5.41) is 2.10. The number of para-hydroxylation sites is 2. The molecule has 0 aliphatic rings. The van der Waals surface area contributed by atoms with Crippen molar-refractivity contribution in [1.82, 2.24) is 0 Å². The van der Waals surface area contributed by atoms with Gasteiger partial charge in [-0.05, 0) is 36.8 Å². The van der Waals surface area contributed by atoms with Crippen molar-refractivity contribution >= 4 is 11.6 Å². The van der Waals surface area contributed by atoms with Gasteiger partial charge in [0.2, 0.25) is 0 Å². The van der Waals surface area contributed by atoms with Gasteiger partial charge in [0.25, 0.3) is 5.91 Å². The lowest BCUT2D eigenvalue weighted by atomic mass is 10.1. The molecule has 11 heteroatoms. The second-order valence-corrected chi connectivity index (χ2v) is 6.24. The van der Waals surface area contributed by atoms with E-state index in [-0.39, 0.29) is 5.75 Å². The van der Waals surface area contributed by atoms with Crippen LogP contribution in [0.15, 0.2) is 42.5 Å². The van der Waals surface area contributed by atoms with Crippen molar-refractivity contribution in [3.63, 3.8) is 0 Å². The van der Waals surface area contributed by atoms with Crippen LogP contribution in [-0.4, -0.2) is 31.9 Å². The molecule has 1 amide bonds. The number of rotatable bonds is 9. The molecule has 0 aliphatic carbocycles. The molecule has 0 aliphatic heterocycles. The van der Waals surface area contributed by atoms with Crippen molar-refractivity contribution in [2.45, 2.75) is 25.7 Å². The molecule has 2 rings (SSSR count). The van der Waals surface area contributed by atoms with E-state index >= 15 is 0 Å². The minimum absolute atomic E-state index is 0.226. The predicted molar refractivity (Wildman–Crippen MR) is 99.3 cm³/mol. The second kappa shape index (κ2) is 10.3. The Labute approximate surface area is 173 Å². The fourth-order valence-corrected chi connectivity index (χ4v) is 2.32. The zero-order chi connectivity index (χ0) is 23.1. The van der Waals surface area contributed by atoms with Gasteiger partial charge in [-0.2, -0.15) is 26.3 Å². The van der Waals surface area contributed by atoms with E-state index in [4.69, 9.17) is 9.47 Å². The third-order valence-corrected chi connectivity index (χ3v) is 3.64. The van der Waals surface area contributed by atoms with Gasteiger partial charge in [-0.25, -0.2) is 0 Å². The molecule has 1 N–H and O–H groups in total. The highest BCUT2D eigenvalue weighted by Gasteiger charge is 2.33. The summed E-state index contributed by atoms with van der Waals surface area (Å²) in [4.78, 5) is 12.2. The molecule has 0 saturated heterocycles. The van der Waals surface area contributed by atoms with Crippen LogP contribution in [0.25, 0.3) is 0 Å². The van der Waals surface area contributed by atoms with Crippen molar-refractivity contribution in [2.24, 2.45) is 0 Å². The Hall–Kier alpha value is -3.11. The molecule has 170 valence electrons. The Morgan fingerprint density at radius 1 is 0.903 bits per heavy atom. The first-order chi connectivity index (χ1) is 14.5. The first kappa shape index (κ1) is 24.2. The van der Waals surface area contributed by atoms with Gasteiger partial charge in [-0.1, -0.05) is 19.1 Å². The van der Waals surface area contributed by atoms with Crippen LogP contribution in [0.5, 0.6) is 17.2 Å². The van der Waals surface area contributed by atoms with Gasteiger partial charge >= 0.3 is 12.4 Å². The third kappa shape index (κ3) is 7.91. The molecule has 0 radical (unpaired) electrons. The number of hydrogen-bond acceptors (Lipinski definition) is 4. The maximum absolute atomic E-state index is 13.0. The molecule has 0 spiro atoms. The molecule has 31 heavy (non-hydrogen) atoms. The van der Waals surface area contributed by atoms with E-state index in [1.165, 1.54) is 6.07 Å². The highest BCUT2D eigenvalue weighted by molar-refractivity contribution is 5.93. The van der Waals surface area contributed by atoms with Crippen LogP contribution in [-0.2, 0) is 11.0 Å². The van der Waals surface area contributed by atoms with Crippen LogP contribution in [0.4, 0.5) is 32.0 Å².